The first-order chi connectivity index (χ1) is 9.97. The number of pyridine rings is 1. The summed E-state index contributed by atoms with van der Waals surface area (Å²) in [6.45, 7) is 2.04. The molecule has 110 valence electrons. The van der Waals surface area contributed by atoms with Crippen molar-refractivity contribution in [3.8, 4) is 5.88 Å². The van der Waals surface area contributed by atoms with E-state index in [1.165, 1.54) is 0 Å². The number of carbonyl (C=O) groups is 1. The molecule has 1 unspecified atom stereocenters. The maximum atomic E-state index is 11.3. The van der Waals surface area contributed by atoms with Crippen molar-refractivity contribution in [3.05, 3.63) is 59.8 Å². The van der Waals surface area contributed by atoms with Gasteiger partial charge in [0.1, 0.15) is 6.61 Å². The van der Waals surface area contributed by atoms with E-state index >= 15 is 0 Å². The van der Waals surface area contributed by atoms with E-state index in [0.717, 1.165) is 11.1 Å². The molecule has 5 heteroatoms. The maximum absolute atomic E-state index is 11.3. The monoisotopic (exact) mass is 285 g/mol. The molecule has 0 saturated carbocycles. The van der Waals surface area contributed by atoms with Crippen molar-refractivity contribution in [1.29, 1.82) is 0 Å². The van der Waals surface area contributed by atoms with Crippen molar-refractivity contribution < 1.29 is 9.53 Å². The summed E-state index contributed by atoms with van der Waals surface area (Å²) < 4.78 is 5.59. The number of hydrogen-bond donors (Lipinski definition) is 2. The van der Waals surface area contributed by atoms with Crippen LogP contribution in [-0.4, -0.2) is 16.4 Å². The highest BCUT2D eigenvalue weighted by Crippen LogP contribution is 2.14. The number of primary amides is 1. The summed E-state index contributed by atoms with van der Waals surface area (Å²) in [6.07, 6.45) is 2.07. The fourth-order valence-electron chi connectivity index (χ4n) is 1.93. The third-order valence-electron chi connectivity index (χ3n) is 3.15. The first-order valence-corrected chi connectivity index (χ1v) is 6.68. The topological polar surface area (TPSA) is 91.2 Å². The maximum Gasteiger partial charge on any atom is 0.237 e. The van der Waals surface area contributed by atoms with Gasteiger partial charge in [0, 0.05) is 12.3 Å². The normalized spacial score (nSPS) is 13.4. The number of benzene rings is 1. The van der Waals surface area contributed by atoms with E-state index in [9.17, 15) is 4.79 Å². The van der Waals surface area contributed by atoms with Crippen LogP contribution >= 0.6 is 0 Å². The molecule has 0 aliphatic carbocycles. The van der Waals surface area contributed by atoms with E-state index in [4.69, 9.17) is 16.2 Å². The number of ether oxygens (including phenoxy) is 1. The Morgan fingerprint density at radius 3 is 2.67 bits per heavy atom. The third-order valence-corrected chi connectivity index (χ3v) is 3.15. The molecule has 1 atom stereocenters. The smallest absolute Gasteiger partial charge is 0.237 e. The minimum Gasteiger partial charge on any atom is -0.473 e. The quantitative estimate of drug-likeness (QED) is 0.839. The van der Waals surface area contributed by atoms with E-state index < -0.39 is 11.4 Å². The Bertz CT molecular complexity index is 612. The first-order valence-electron chi connectivity index (χ1n) is 6.68. The van der Waals surface area contributed by atoms with E-state index in [2.05, 4.69) is 4.98 Å². The molecule has 5 nitrogen and oxygen atoms in total. The molecule has 0 radical (unpaired) electrons. The number of nitrogens with zero attached hydrogens (tertiary/aromatic N) is 1. The zero-order valence-corrected chi connectivity index (χ0v) is 12.0. The summed E-state index contributed by atoms with van der Waals surface area (Å²) in [4.78, 5) is 15.4. The molecule has 0 spiro atoms. The van der Waals surface area contributed by atoms with Crippen molar-refractivity contribution >= 4 is 5.91 Å². The second-order valence-electron chi connectivity index (χ2n) is 5.24. The molecule has 1 amide bonds. The Hall–Kier alpha value is -2.40. The fraction of sp³-hybridized carbons (Fsp3) is 0.250. The standard InChI is InChI=1S/C16H19N3O2/c1-16(18,15(17)20)10-12-5-4-6-13(9-12)11-21-14-7-2-3-8-19-14/h2-9H,10-11,18H2,1H3,(H2,17,20). The second-order valence-corrected chi connectivity index (χ2v) is 5.24. The number of amides is 1. The van der Waals surface area contributed by atoms with Crippen LogP contribution in [0.15, 0.2) is 48.7 Å². The molecular formula is C16H19N3O2. The highest BCUT2D eigenvalue weighted by atomic mass is 16.5. The van der Waals surface area contributed by atoms with Gasteiger partial charge in [-0.15, -0.1) is 0 Å². The van der Waals surface area contributed by atoms with Crippen LogP contribution in [0.5, 0.6) is 5.88 Å². The van der Waals surface area contributed by atoms with Crippen LogP contribution in [0.25, 0.3) is 0 Å². The average molecular weight is 285 g/mol. The lowest BCUT2D eigenvalue weighted by atomic mass is 9.92. The molecule has 1 aromatic heterocycles. The SMILES string of the molecule is CC(N)(Cc1cccc(COc2ccccn2)c1)C(N)=O. The molecule has 21 heavy (non-hydrogen) atoms. The second kappa shape index (κ2) is 6.37. The molecule has 4 N–H and O–H groups in total. The summed E-state index contributed by atoms with van der Waals surface area (Å²) in [6, 6.07) is 13.2. The van der Waals surface area contributed by atoms with Gasteiger partial charge >= 0.3 is 0 Å². The largest absolute Gasteiger partial charge is 0.473 e. The van der Waals surface area contributed by atoms with E-state index in [1.807, 2.05) is 36.4 Å². The van der Waals surface area contributed by atoms with Crippen LogP contribution in [0, 0.1) is 0 Å². The molecule has 0 aliphatic heterocycles. The molecule has 1 heterocycles. The summed E-state index contributed by atoms with van der Waals surface area (Å²) in [5, 5.41) is 0. The average Bonchev–Trinajstić information content (AvgIpc) is 2.46. The predicted octanol–water partition coefficient (Wildman–Crippen LogP) is 1.41. The lowest BCUT2D eigenvalue weighted by Gasteiger charge is -2.20. The van der Waals surface area contributed by atoms with Crippen molar-refractivity contribution in [2.24, 2.45) is 11.5 Å². The van der Waals surface area contributed by atoms with Gasteiger partial charge in [0.2, 0.25) is 11.8 Å². The minimum atomic E-state index is -1.06. The van der Waals surface area contributed by atoms with Gasteiger partial charge in [-0.3, -0.25) is 4.79 Å². The fourth-order valence-corrected chi connectivity index (χ4v) is 1.93. The van der Waals surface area contributed by atoms with Crippen molar-refractivity contribution in [2.75, 3.05) is 0 Å². The van der Waals surface area contributed by atoms with Gasteiger partial charge in [-0.25, -0.2) is 4.98 Å². The Morgan fingerprint density at radius 2 is 2.00 bits per heavy atom. The molecular weight excluding hydrogens is 266 g/mol. The van der Waals surface area contributed by atoms with Gasteiger partial charge in [0.25, 0.3) is 0 Å². The summed E-state index contributed by atoms with van der Waals surface area (Å²) in [5.41, 5.74) is 12.1. The molecule has 2 rings (SSSR count). The zero-order chi connectivity index (χ0) is 15.3. The van der Waals surface area contributed by atoms with Gasteiger partial charge in [-0.1, -0.05) is 30.3 Å². The molecule has 0 fully saturated rings. The Morgan fingerprint density at radius 1 is 1.24 bits per heavy atom. The molecule has 0 saturated heterocycles. The zero-order valence-electron chi connectivity index (χ0n) is 12.0. The molecule has 1 aromatic carbocycles. The number of nitrogens with two attached hydrogens (primary N) is 2. The minimum absolute atomic E-state index is 0.389. The summed E-state index contributed by atoms with van der Waals surface area (Å²) in [5.74, 6) is 0.0568. The van der Waals surface area contributed by atoms with E-state index in [1.54, 1.807) is 19.2 Å². The van der Waals surface area contributed by atoms with Gasteiger partial charge in [-0.2, -0.15) is 0 Å². The van der Waals surface area contributed by atoms with Crippen LogP contribution in [0.1, 0.15) is 18.1 Å². The van der Waals surface area contributed by atoms with Crippen molar-refractivity contribution in [2.45, 2.75) is 25.5 Å². The van der Waals surface area contributed by atoms with E-state index in [-0.39, 0.29) is 0 Å². The van der Waals surface area contributed by atoms with Crippen LogP contribution in [0.3, 0.4) is 0 Å². The Labute approximate surface area is 123 Å². The van der Waals surface area contributed by atoms with Gasteiger partial charge in [-0.05, 0) is 30.5 Å². The van der Waals surface area contributed by atoms with Crippen LogP contribution in [0.2, 0.25) is 0 Å². The molecule has 2 aromatic rings. The van der Waals surface area contributed by atoms with Gasteiger partial charge in [0.15, 0.2) is 0 Å². The lowest BCUT2D eigenvalue weighted by Crippen LogP contribution is -2.51. The first kappa shape index (κ1) is 15.0. The van der Waals surface area contributed by atoms with Crippen molar-refractivity contribution in [1.82, 2.24) is 4.98 Å². The number of aromatic nitrogens is 1. The van der Waals surface area contributed by atoms with Crippen LogP contribution < -0.4 is 16.2 Å². The highest BCUT2D eigenvalue weighted by molar-refractivity contribution is 5.84. The third kappa shape index (κ3) is 4.29. The number of rotatable bonds is 6. The van der Waals surface area contributed by atoms with Crippen molar-refractivity contribution in [3.63, 3.8) is 0 Å². The van der Waals surface area contributed by atoms with Gasteiger partial charge < -0.3 is 16.2 Å². The lowest BCUT2D eigenvalue weighted by molar-refractivity contribution is -0.122. The number of carbonyl (C=O) groups excluding carboxylic acids is 1. The van der Waals surface area contributed by atoms with Crippen LogP contribution in [0.4, 0.5) is 0 Å². The Kier molecular flexibility index (Phi) is 4.55. The predicted molar refractivity (Wildman–Crippen MR) is 80.5 cm³/mol. The molecule has 0 bridgehead atoms. The summed E-state index contributed by atoms with van der Waals surface area (Å²) in [7, 11) is 0. The summed E-state index contributed by atoms with van der Waals surface area (Å²) >= 11 is 0. The molecule has 0 aliphatic rings. The Balaban J connectivity index is 2.03. The number of hydrogen-bond acceptors (Lipinski definition) is 4. The van der Waals surface area contributed by atoms with Crippen LogP contribution in [-0.2, 0) is 17.8 Å². The van der Waals surface area contributed by atoms with Gasteiger partial charge in [0.05, 0.1) is 5.54 Å². The van der Waals surface area contributed by atoms with E-state index in [0.29, 0.717) is 18.9 Å². The highest BCUT2D eigenvalue weighted by Gasteiger charge is 2.25.